The fraction of sp³-hybridized carbons (Fsp3) is 0.304. The van der Waals surface area contributed by atoms with E-state index in [1.165, 1.54) is 10.9 Å². The van der Waals surface area contributed by atoms with Crippen LogP contribution < -0.4 is 4.74 Å². The van der Waals surface area contributed by atoms with Gasteiger partial charge in [0, 0.05) is 42.4 Å². The van der Waals surface area contributed by atoms with Crippen LogP contribution in [0.25, 0.3) is 10.8 Å². The minimum atomic E-state index is -5.08. The zero-order chi connectivity index (χ0) is 23.1. The van der Waals surface area contributed by atoms with Gasteiger partial charge in [0.1, 0.15) is 11.9 Å². The molecule has 0 unspecified atom stereocenters. The fourth-order valence-corrected chi connectivity index (χ4v) is 3.62. The molecule has 4 rings (SSSR count). The van der Waals surface area contributed by atoms with E-state index >= 15 is 0 Å². The van der Waals surface area contributed by atoms with Crippen molar-refractivity contribution in [2.75, 3.05) is 13.1 Å². The summed E-state index contributed by atoms with van der Waals surface area (Å²) < 4.78 is 37.9. The van der Waals surface area contributed by atoms with E-state index in [0.29, 0.717) is 0 Å². The van der Waals surface area contributed by atoms with E-state index in [9.17, 15) is 13.2 Å². The van der Waals surface area contributed by atoms with Crippen LogP contribution in [-0.2, 0) is 11.3 Å². The molecule has 2 aromatic carbocycles. The zero-order valence-corrected chi connectivity index (χ0v) is 17.8. The van der Waals surface area contributed by atoms with Crippen LogP contribution in [0, 0.1) is 0 Å². The molecule has 1 aromatic heterocycles. The Morgan fingerprint density at radius 2 is 1.84 bits per heavy atom. The molecular weight excluding hydrogens is 445 g/mol. The Bertz CT molecular complexity index is 1050. The van der Waals surface area contributed by atoms with E-state index in [1.54, 1.807) is 0 Å². The smallest absolute Gasteiger partial charge is 0.490 e. The van der Waals surface area contributed by atoms with Crippen molar-refractivity contribution in [3.05, 3.63) is 71.5 Å². The number of hydrogen-bond donors (Lipinski definition) is 1. The third-order valence-electron chi connectivity index (χ3n) is 4.99. The van der Waals surface area contributed by atoms with Gasteiger partial charge in [0.05, 0.1) is 0 Å². The van der Waals surface area contributed by atoms with Crippen LogP contribution in [0.2, 0.25) is 5.02 Å². The SMILES string of the molecule is Clc1cccc(CN2CCC(Oc3ccc4cnccc4c3)CC2)c1.O=C(O)C(F)(F)F. The molecule has 0 atom stereocenters. The Labute approximate surface area is 188 Å². The van der Waals surface area contributed by atoms with E-state index in [2.05, 4.69) is 28.1 Å². The second kappa shape index (κ2) is 10.7. The lowest BCUT2D eigenvalue weighted by Gasteiger charge is -2.32. The minimum absolute atomic E-state index is 0.287. The number of pyridine rings is 1. The lowest BCUT2D eigenvalue weighted by molar-refractivity contribution is -0.192. The van der Waals surface area contributed by atoms with Gasteiger partial charge in [-0.15, -0.1) is 0 Å². The Hall–Kier alpha value is -2.84. The molecule has 32 heavy (non-hydrogen) atoms. The van der Waals surface area contributed by atoms with Crippen molar-refractivity contribution in [3.63, 3.8) is 0 Å². The summed E-state index contributed by atoms with van der Waals surface area (Å²) in [5, 5.41) is 10.2. The summed E-state index contributed by atoms with van der Waals surface area (Å²) >= 11 is 6.08. The summed E-state index contributed by atoms with van der Waals surface area (Å²) in [6.45, 7) is 3.06. The average Bonchev–Trinajstić information content (AvgIpc) is 2.75. The number of nitrogens with zero attached hydrogens (tertiary/aromatic N) is 2. The molecule has 0 radical (unpaired) electrons. The van der Waals surface area contributed by atoms with Gasteiger partial charge in [-0.1, -0.05) is 23.7 Å². The highest BCUT2D eigenvalue weighted by Gasteiger charge is 2.38. The fourth-order valence-electron chi connectivity index (χ4n) is 3.41. The van der Waals surface area contributed by atoms with Crippen LogP contribution in [-0.4, -0.2) is 46.3 Å². The number of benzene rings is 2. The predicted octanol–water partition coefficient (Wildman–Crippen LogP) is 5.56. The number of carbonyl (C=O) groups is 1. The van der Waals surface area contributed by atoms with Gasteiger partial charge in [-0.3, -0.25) is 9.88 Å². The molecule has 1 aliphatic rings. The number of hydrogen-bond acceptors (Lipinski definition) is 4. The van der Waals surface area contributed by atoms with Crippen molar-refractivity contribution in [3.8, 4) is 5.75 Å². The highest BCUT2D eigenvalue weighted by Crippen LogP contribution is 2.24. The van der Waals surface area contributed by atoms with Gasteiger partial charge >= 0.3 is 12.1 Å². The normalized spacial score (nSPS) is 15.1. The molecule has 0 bridgehead atoms. The van der Waals surface area contributed by atoms with Gasteiger partial charge < -0.3 is 9.84 Å². The summed E-state index contributed by atoms with van der Waals surface area (Å²) in [5.74, 6) is -1.81. The first-order chi connectivity index (χ1) is 15.2. The van der Waals surface area contributed by atoms with Gasteiger partial charge in [-0.2, -0.15) is 13.2 Å². The second-order valence-corrected chi connectivity index (χ2v) is 7.85. The van der Waals surface area contributed by atoms with Crippen molar-refractivity contribution in [1.29, 1.82) is 0 Å². The van der Waals surface area contributed by atoms with Crippen molar-refractivity contribution >= 4 is 28.3 Å². The van der Waals surface area contributed by atoms with Gasteiger partial charge in [0.25, 0.3) is 0 Å². The van der Waals surface area contributed by atoms with Crippen molar-refractivity contribution < 1.29 is 27.8 Å². The Kier molecular flexibility index (Phi) is 7.93. The van der Waals surface area contributed by atoms with E-state index in [4.69, 9.17) is 26.2 Å². The number of alkyl halides is 3. The van der Waals surface area contributed by atoms with Crippen LogP contribution in [0.15, 0.2) is 60.9 Å². The molecule has 9 heteroatoms. The van der Waals surface area contributed by atoms with Crippen molar-refractivity contribution in [1.82, 2.24) is 9.88 Å². The quantitative estimate of drug-likeness (QED) is 0.545. The first-order valence-corrected chi connectivity index (χ1v) is 10.4. The maximum absolute atomic E-state index is 10.6. The zero-order valence-electron chi connectivity index (χ0n) is 17.1. The molecule has 0 amide bonds. The number of fused-ring (bicyclic) bond motifs is 1. The molecule has 2 heterocycles. The number of aliphatic carboxylic acids is 1. The standard InChI is InChI=1S/C21H21ClN2O.C2HF3O2/c22-19-3-1-2-16(12-19)15-24-10-7-20(8-11-24)25-21-5-4-18-14-23-9-6-17(18)13-21;3-2(4,5)1(6)7/h1-6,9,12-14,20H,7-8,10-11,15H2;(H,6,7). The van der Waals surface area contributed by atoms with Gasteiger partial charge in [0.15, 0.2) is 0 Å². The van der Waals surface area contributed by atoms with E-state index in [0.717, 1.165) is 48.6 Å². The minimum Gasteiger partial charge on any atom is -0.490 e. The maximum atomic E-state index is 10.6. The molecule has 1 saturated heterocycles. The predicted molar refractivity (Wildman–Crippen MR) is 116 cm³/mol. The number of ether oxygens (including phenoxy) is 1. The first kappa shape index (κ1) is 23.8. The van der Waals surface area contributed by atoms with Crippen molar-refractivity contribution in [2.24, 2.45) is 0 Å². The van der Waals surface area contributed by atoms with Gasteiger partial charge in [-0.05, 0) is 60.2 Å². The molecule has 1 fully saturated rings. The lowest BCUT2D eigenvalue weighted by Crippen LogP contribution is -2.37. The number of rotatable bonds is 4. The summed E-state index contributed by atoms with van der Waals surface area (Å²) in [7, 11) is 0. The van der Waals surface area contributed by atoms with Gasteiger partial charge in [0.2, 0.25) is 0 Å². The highest BCUT2D eigenvalue weighted by molar-refractivity contribution is 6.30. The van der Waals surface area contributed by atoms with Crippen LogP contribution in [0.3, 0.4) is 0 Å². The summed E-state index contributed by atoms with van der Waals surface area (Å²) in [6, 6.07) is 16.4. The summed E-state index contributed by atoms with van der Waals surface area (Å²) in [4.78, 5) is 15.5. The molecular formula is C23H22ClF3N2O3. The molecule has 3 aromatic rings. The Morgan fingerprint density at radius 3 is 2.50 bits per heavy atom. The third-order valence-corrected chi connectivity index (χ3v) is 5.22. The number of carboxylic acids is 1. The maximum Gasteiger partial charge on any atom is 0.490 e. The molecule has 1 N–H and O–H groups in total. The van der Waals surface area contributed by atoms with E-state index in [-0.39, 0.29) is 6.10 Å². The number of likely N-dealkylation sites (tertiary alicyclic amines) is 1. The van der Waals surface area contributed by atoms with Crippen LogP contribution in [0.5, 0.6) is 5.75 Å². The Morgan fingerprint density at radius 1 is 1.12 bits per heavy atom. The van der Waals surface area contributed by atoms with Crippen LogP contribution in [0.1, 0.15) is 18.4 Å². The molecule has 170 valence electrons. The van der Waals surface area contributed by atoms with Crippen molar-refractivity contribution in [2.45, 2.75) is 31.7 Å². The number of piperidine rings is 1. The molecule has 0 aliphatic carbocycles. The summed E-state index contributed by atoms with van der Waals surface area (Å²) in [5.41, 5.74) is 1.27. The van der Waals surface area contributed by atoms with E-state index < -0.39 is 12.1 Å². The number of aromatic nitrogens is 1. The topological polar surface area (TPSA) is 62.7 Å². The van der Waals surface area contributed by atoms with Gasteiger partial charge in [-0.25, -0.2) is 4.79 Å². The highest BCUT2D eigenvalue weighted by atomic mass is 35.5. The van der Waals surface area contributed by atoms with Crippen LogP contribution >= 0.6 is 11.6 Å². The number of halogens is 4. The molecule has 0 spiro atoms. The number of carboxylic acid groups (broad SMARTS) is 1. The third kappa shape index (κ3) is 7.10. The average molecular weight is 467 g/mol. The second-order valence-electron chi connectivity index (χ2n) is 7.41. The molecule has 0 saturated carbocycles. The largest absolute Gasteiger partial charge is 0.490 e. The molecule has 1 aliphatic heterocycles. The summed E-state index contributed by atoms with van der Waals surface area (Å²) in [6.07, 6.45) is 1.01. The van der Waals surface area contributed by atoms with E-state index in [1.807, 2.05) is 42.7 Å². The monoisotopic (exact) mass is 466 g/mol. The molecule has 5 nitrogen and oxygen atoms in total. The first-order valence-electron chi connectivity index (χ1n) is 9.98. The lowest BCUT2D eigenvalue weighted by atomic mass is 10.1. The Balaban J connectivity index is 0.000000360. The van der Waals surface area contributed by atoms with Crippen LogP contribution in [0.4, 0.5) is 13.2 Å².